The number of aliphatic hydroxyl groups excluding tert-OH is 2. The first-order valence-electron chi connectivity index (χ1n) is 7.92. The Bertz CT molecular complexity index is 905. The van der Waals surface area contributed by atoms with E-state index in [-0.39, 0.29) is 16.4 Å². The molecule has 138 valence electrons. The van der Waals surface area contributed by atoms with E-state index >= 15 is 0 Å². The number of aromatic amines is 1. The van der Waals surface area contributed by atoms with Crippen LogP contribution in [0.5, 0.6) is 0 Å². The fraction of sp³-hybridized carbons (Fsp3) is 0.600. The molecule has 0 aliphatic carbocycles. The SMILES string of the molecule is C=P(C)(C)CC[C@H]1O[C@@H](n2c(Cl)nc3c(=O)[nH]c(C)nc32)[C@H](O)[C@@H]1O. The van der Waals surface area contributed by atoms with E-state index in [4.69, 9.17) is 16.3 Å². The van der Waals surface area contributed by atoms with Crippen molar-refractivity contribution in [3.8, 4) is 0 Å². The molecule has 0 bridgehead atoms. The van der Waals surface area contributed by atoms with Crippen molar-refractivity contribution in [1.82, 2.24) is 19.5 Å². The number of imidazole rings is 1. The highest BCUT2D eigenvalue weighted by Gasteiger charge is 2.45. The highest BCUT2D eigenvalue weighted by atomic mass is 35.5. The van der Waals surface area contributed by atoms with Crippen molar-refractivity contribution in [1.29, 1.82) is 0 Å². The molecule has 25 heavy (non-hydrogen) atoms. The molecule has 10 heteroatoms. The first kappa shape index (κ1) is 18.6. The van der Waals surface area contributed by atoms with E-state index in [1.54, 1.807) is 6.92 Å². The highest BCUT2D eigenvalue weighted by Crippen LogP contribution is 2.40. The number of fused-ring (bicyclic) bond motifs is 1. The summed E-state index contributed by atoms with van der Waals surface area (Å²) in [6, 6.07) is 0. The molecule has 1 aliphatic heterocycles. The molecule has 1 aliphatic rings. The summed E-state index contributed by atoms with van der Waals surface area (Å²) in [4.78, 5) is 22.8. The molecule has 0 radical (unpaired) electrons. The van der Waals surface area contributed by atoms with Gasteiger partial charge in [-0.3, -0.25) is 9.36 Å². The summed E-state index contributed by atoms with van der Waals surface area (Å²) >= 11 is 6.16. The number of halogens is 1. The van der Waals surface area contributed by atoms with E-state index in [9.17, 15) is 15.0 Å². The smallest absolute Gasteiger partial charge is 0.279 e. The summed E-state index contributed by atoms with van der Waals surface area (Å²) in [5.74, 6) is 0.392. The predicted octanol–water partition coefficient (Wildman–Crippen LogP) is 0.800. The zero-order chi connectivity index (χ0) is 18.5. The lowest BCUT2D eigenvalue weighted by Gasteiger charge is -2.19. The molecule has 0 aromatic carbocycles. The lowest BCUT2D eigenvalue weighted by atomic mass is 10.1. The van der Waals surface area contributed by atoms with Gasteiger partial charge in [-0.2, -0.15) is 0 Å². The summed E-state index contributed by atoms with van der Waals surface area (Å²) in [5, 5.41) is 20.8. The molecule has 1 fully saturated rings. The Hall–Kier alpha value is -1.18. The van der Waals surface area contributed by atoms with Gasteiger partial charge in [0.25, 0.3) is 5.56 Å². The number of nitrogens with zero attached hydrogens (tertiary/aromatic N) is 3. The predicted molar refractivity (Wildman–Crippen MR) is 99.2 cm³/mol. The Morgan fingerprint density at radius 3 is 2.68 bits per heavy atom. The Balaban J connectivity index is 1.97. The first-order chi connectivity index (χ1) is 11.6. The normalized spacial score (nSPS) is 27.3. The van der Waals surface area contributed by atoms with Gasteiger partial charge in [0, 0.05) is 0 Å². The van der Waals surface area contributed by atoms with Crippen molar-refractivity contribution < 1.29 is 14.9 Å². The number of nitrogens with one attached hydrogen (secondary N) is 1. The van der Waals surface area contributed by atoms with Crippen molar-refractivity contribution in [2.75, 3.05) is 19.5 Å². The lowest BCUT2D eigenvalue weighted by Crippen LogP contribution is -2.32. The molecule has 2 aromatic heterocycles. The molecular formula is C15H22ClN4O4P. The Morgan fingerprint density at radius 2 is 2.04 bits per heavy atom. The van der Waals surface area contributed by atoms with Crippen LogP contribution in [0.2, 0.25) is 5.28 Å². The van der Waals surface area contributed by atoms with Gasteiger partial charge in [0.05, 0.1) is 6.10 Å². The molecule has 0 unspecified atom stereocenters. The number of aromatic nitrogens is 4. The molecule has 3 N–H and O–H groups in total. The molecule has 0 saturated carbocycles. The van der Waals surface area contributed by atoms with Gasteiger partial charge >= 0.3 is 0 Å². The van der Waals surface area contributed by atoms with Gasteiger partial charge in [0.15, 0.2) is 17.4 Å². The Labute approximate surface area is 149 Å². The maximum absolute atomic E-state index is 12.0. The number of H-pyrrole nitrogens is 1. The molecule has 3 heterocycles. The second kappa shape index (κ2) is 6.52. The lowest BCUT2D eigenvalue weighted by molar-refractivity contribution is -0.0351. The van der Waals surface area contributed by atoms with E-state index in [0.717, 1.165) is 6.16 Å². The average molecular weight is 389 g/mol. The number of ether oxygens (including phenoxy) is 1. The zero-order valence-corrected chi connectivity index (χ0v) is 16.0. The van der Waals surface area contributed by atoms with Crippen molar-refractivity contribution in [3.63, 3.8) is 0 Å². The summed E-state index contributed by atoms with van der Waals surface area (Å²) in [6.45, 7) is 4.55. The van der Waals surface area contributed by atoms with E-state index in [1.807, 2.05) is 0 Å². The quantitative estimate of drug-likeness (QED) is 0.527. The van der Waals surface area contributed by atoms with Crippen molar-refractivity contribution in [2.45, 2.75) is 37.9 Å². The zero-order valence-electron chi connectivity index (χ0n) is 14.3. The minimum Gasteiger partial charge on any atom is -0.388 e. The minimum absolute atomic E-state index is 0.0273. The summed E-state index contributed by atoms with van der Waals surface area (Å²) < 4.78 is 7.23. The van der Waals surface area contributed by atoms with Crippen LogP contribution in [0.25, 0.3) is 11.2 Å². The van der Waals surface area contributed by atoms with Gasteiger partial charge in [-0.05, 0) is 44.4 Å². The summed E-state index contributed by atoms with van der Waals surface area (Å²) in [7, 11) is 0. The van der Waals surface area contributed by atoms with Crippen molar-refractivity contribution in [3.05, 3.63) is 21.5 Å². The third-order valence-corrected chi connectivity index (χ3v) is 5.97. The number of hydrogen-bond donors (Lipinski definition) is 3. The fourth-order valence-electron chi connectivity index (χ4n) is 2.95. The highest BCUT2D eigenvalue weighted by molar-refractivity contribution is 7.72. The molecular weight excluding hydrogens is 367 g/mol. The second-order valence-corrected chi connectivity index (χ2v) is 11.7. The van der Waals surface area contributed by atoms with Crippen LogP contribution in [0, 0.1) is 6.92 Å². The molecule has 3 rings (SSSR count). The fourth-order valence-corrected chi connectivity index (χ4v) is 4.16. The largest absolute Gasteiger partial charge is 0.388 e. The number of aryl methyl sites for hydroxylation is 1. The van der Waals surface area contributed by atoms with Crippen LogP contribution in [-0.2, 0) is 4.74 Å². The summed E-state index contributed by atoms with van der Waals surface area (Å²) in [6.07, 6.45) is 1.78. The van der Waals surface area contributed by atoms with Crippen LogP contribution < -0.4 is 5.56 Å². The monoisotopic (exact) mass is 388 g/mol. The van der Waals surface area contributed by atoms with Gasteiger partial charge in [0.2, 0.25) is 5.28 Å². The van der Waals surface area contributed by atoms with E-state index < -0.39 is 37.0 Å². The van der Waals surface area contributed by atoms with Crippen LogP contribution in [0.4, 0.5) is 0 Å². The Morgan fingerprint density at radius 1 is 1.36 bits per heavy atom. The van der Waals surface area contributed by atoms with Gasteiger partial charge in [-0.1, -0.05) is 0 Å². The van der Waals surface area contributed by atoms with Gasteiger partial charge in [0.1, 0.15) is 18.0 Å². The standard InChI is InChI=1S/C15H22ClN4O4P/c1-7-17-12-9(13(23)18-7)19-15(16)20(12)14-11(22)10(21)8(24-14)5-6-25(2,3)4/h8,10-11,14,21-22H,2,5-6H2,1,3-4H3,(H,17,18,23)/t8-,10-,11-,14-/m1/s1. The Kier molecular flexibility index (Phi) is 4.85. The maximum Gasteiger partial charge on any atom is 0.279 e. The van der Waals surface area contributed by atoms with Crippen molar-refractivity contribution in [2.24, 2.45) is 0 Å². The number of rotatable bonds is 4. The molecule has 0 spiro atoms. The van der Waals surface area contributed by atoms with Crippen LogP contribution in [0.1, 0.15) is 18.5 Å². The van der Waals surface area contributed by atoms with Crippen molar-refractivity contribution >= 4 is 36.0 Å². The van der Waals surface area contributed by atoms with Crippen LogP contribution >= 0.6 is 18.5 Å². The average Bonchev–Trinajstić information content (AvgIpc) is 2.95. The van der Waals surface area contributed by atoms with E-state index in [2.05, 4.69) is 34.6 Å². The van der Waals surface area contributed by atoms with E-state index in [1.165, 1.54) is 4.57 Å². The van der Waals surface area contributed by atoms with Crippen LogP contribution in [0.3, 0.4) is 0 Å². The van der Waals surface area contributed by atoms with E-state index in [0.29, 0.717) is 12.2 Å². The third kappa shape index (κ3) is 3.55. The molecule has 4 atom stereocenters. The first-order valence-corrected chi connectivity index (χ1v) is 11.3. The van der Waals surface area contributed by atoms with Gasteiger partial charge < -0.3 is 19.9 Å². The van der Waals surface area contributed by atoms with Crippen LogP contribution in [-0.4, -0.2) is 73.8 Å². The topological polar surface area (TPSA) is 113 Å². The molecule has 1 saturated heterocycles. The summed E-state index contributed by atoms with van der Waals surface area (Å²) in [5.41, 5.74) is -0.140. The number of hydrogen-bond acceptors (Lipinski definition) is 6. The molecule has 0 amide bonds. The van der Waals surface area contributed by atoms with Gasteiger partial charge in [-0.15, -0.1) is 13.2 Å². The second-order valence-electron chi connectivity index (χ2n) is 7.07. The maximum atomic E-state index is 12.0. The number of aliphatic hydroxyl groups is 2. The molecule has 2 aromatic rings. The van der Waals surface area contributed by atoms with Crippen LogP contribution in [0.15, 0.2) is 4.79 Å². The minimum atomic E-state index is -1.28. The van der Waals surface area contributed by atoms with Gasteiger partial charge in [-0.25, -0.2) is 9.97 Å². The third-order valence-electron chi connectivity index (χ3n) is 4.24. The molecule has 8 nitrogen and oxygen atoms in total.